The van der Waals surface area contributed by atoms with Gasteiger partial charge in [0.15, 0.2) is 0 Å². The molecule has 0 spiro atoms. The molecule has 6 heteroatoms. The van der Waals surface area contributed by atoms with Gasteiger partial charge >= 0.3 is 6.36 Å². The van der Waals surface area contributed by atoms with E-state index in [1.165, 1.54) is 46.5 Å². The second kappa shape index (κ2) is 11.3. The Labute approximate surface area is 198 Å². The van der Waals surface area contributed by atoms with Gasteiger partial charge in [0, 0.05) is 19.6 Å². The summed E-state index contributed by atoms with van der Waals surface area (Å²) in [6.45, 7) is 3.44. The third kappa shape index (κ3) is 6.87. The van der Waals surface area contributed by atoms with E-state index in [0.29, 0.717) is 12.4 Å². The van der Waals surface area contributed by atoms with Crippen molar-refractivity contribution in [2.75, 3.05) is 26.2 Å². The summed E-state index contributed by atoms with van der Waals surface area (Å²) < 4.78 is 46.3. The standard InChI is InChI=1S/C28H28F3NO2/c29-28(30,31)34-26-14-12-25(13-15-26)33-21-7-18-32-19-16-24(17-20-32)27(22-8-3-1-4-9-22)23-10-5-2-6-11-23/h1-6,8-15H,7,16-21H2. The summed E-state index contributed by atoms with van der Waals surface area (Å²) in [7, 11) is 0. The largest absolute Gasteiger partial charge is 0.573 e. The lowest BCUT2D eigenvalue weighted by Crippen LogP contribution is -2.32. The fraction of sp³-hybridized carbons (Fsp3) is 0.286. The van der Waals surface area contributed by atoms with E-state index in [1.54, 1.807) is 0 Å². The minimum Gasteiger partial charge on any atom is -0.494 e. The molecule has 3 aromatic carbocycles. The van der Waals surface area contributed by atoms with Crippen LogP contribution in [0.4, 0.5) is 13.2 Å². The van der Waals surface area contributed by atoms with Crippen molar-refractivity contribution in [3.8, 4) is 11.5 Å². The molecule has 0 aliphatic carbocycles. The Balaban J connectivity index is 1.28. The SMILES string of the molecule is FC(F)(F)Oc1ccc(OCCCN2CCC(=C(c3ccccc3)c3ccccc3)CC2)cc1. The van der Waals surface area contributed by atoms with Gasteiger partial charge in [-0.05, 0) is 60.2 Å². The lowest BCUT2D eigenvalue weighted by atomic mass is 9.88. The summed E-state index contributed by atoms with van der Waals surface area (Å²) >= 11 is 0. The fourth-order valence-corrected chi connectivity index (χ4v) is 4.30. The molecule has 0 unspecified atom stereocenters. The van der Waals surface area contributed by atoms with Crippen LogP contribution in [0.5, 0.6) is 11.5 Å². The van der Waals surface area contributed by atoms with Crippen LogP contribution in [-0.2, 0) is 0 Å². The molecule has 0 atom stereocenters. The van der Waals surface area contributed by atoms with Gasteiger partial charge in [0.2, 0.25) is 0 Å². The van der Waals surface area contributed by atoms with Gasteiger partial charge in [0.25, 0.3) is 0 Å². The highest BCUT2D eigenvalue weighted by Gasteiger charge is 2.31. The Morgan fingerprint density at radius 1 is 0.735 bits per heavy atom. The van der Waals surface area contributed by atoms with Crippen molar-refractivity contribution in [1.82, 2.24) is 4.90 Å². The van der Waals surface area contributed by atoms with Crippen LogP contribution in [0.2, 0.25) is 0 Å². The number of hydrogen-bond acceptors (Lipinski definition) is 3. The topological polar surface area (TPSA) is 21.7 Å². The number of hydrogen-bond donors (Lipinski definition) is 0. The van der Waals surface area contributed by atoms with Crippen LogP contribution in [0.25, 0.3) is 5.57 Å². The Morgan fingerprint density at radius 2 is 1.26 bits per heavy atom. The first kappa shape index (κ1) is 23.9. The molecule has 0 radical (unpaired) electrons. The zero-order valence-electron chi connectivity index (χ0n) is 18.9. The van der Waals surface area contributed by atoms with Gasteiger partial charge in [-0.2, -0.15) is 0 Å². The zero-order chi connectivity index (χ0) is 23.8. The van der Waals surface area contributed by atoms with E-state index < -0.39 is 6.36 Å². The molecule has 1 heterocycles. The van der Waals surface area contributed by atoms with Gasteiger partial charge < -0.3 is 14.4 Å². The first-order valence-corrected chi connectivity index (χ1v) is 11.5. The monoisotopic (exact) mass is 467 g/mol. The number of rotatable bonds is 8. The van der Waals surface area contributed by atoms with Crippen LogP contribution < -0.4 is 9.47 Å². The van der Waals surface area contributed by atoms with Crippen LogP contribution in [0.3, 0.4) is 0 Å². The fourth-order valence-electron chi connectivity index (χ4n) is 4.30. The number of halogens is 3. The second-order valence-electron chi connectivity index (χ2n) is 8.27. The lowest BCUT2D eigenvalue weighted by molar-refractivity contribution is -0.274. The Kier molecular flexibility index (Phi) is 7.91. The first-order chi connectivity index (χ1) is 16.5. The summed E-state index contributed by atoms with van der Waals surface area (Å²) in [4.78, 5) is 2.45. The van der Waals surface area contributed by atoms with Gasteiger partial charge in [-0.15, -0.1) is 13.2 Å². The van der Waals surface area contributed by atoms with E-state index in [2.05, 4.69) is 58.2 Å². The molecule has 0 bridgehead atoms. The lowest BCUT2D eigenvalue weighted by Gasteiger charge is -2.30. The smallest absolute Gasteiger partial charge is 0.494 e. The predicted molar refractivity (Wildman–Crippen MR) is 128 cm³/mol. The molecule has 178 valence electrons. The van der Waals surface area contributed by atoms with E-state index in [9.17, 15) is 13.2 Å². The van der Waals surface area contributed by atoms with E-state index in [-0.39, 0.29) is 5.75 Å². The number of piperidine rings is 1. The molecular formula is C28H28F3NO2. The molecule has 3 aromatic rings. The number of alkyl halides is 3. The summed E-state index contributed by atoms with van der Waals surface area (Å²) in [6.07, 6.45) is -1.78. The molecular weight excluding hydrogens is 439 g/mol. The van der Waals surface area contributed by atoms with Crippen molar-refractivity contribution >= 4 is 5.57 Å². The highest BCUT2D eigenvalue weighted by molar-refractivity contribution is 5.82. The molecule has 1 aliphatic rings. The van der Waals surface area contributed by atoms with E-state index in [4.69, 9.17) is 4.74 Å². The maximum Gasteiger partial charge on any atom is 0.573 e. The van der Waals surface area contributed by atoms with Crippen LogP contribution in [0.1, 0.15) is 30.4 Å². The van der Waals surface area contributed by atoms with Crippen molar-refractivity contribution in [3.05, 3.63) is 102 Å². The number of likely N-dealkylation sites (tertiary alicyclic amines) is 1. The van der Waals surface area contributed by atoms with Crippen molar-refractivity contribution in [1.29, 1.82) is 0 Å². The summed E-state index contributed by atoms with van der Waals surface area (Å²) in [5.74, 6) is 0.288. The third-order valence-corrected chi connectivity index (χ3v) is 5.88. The van der Waals surface area contributed by atoms with Crippen LogP contribution in [0, 0.1) is 0 Å². The van der Waals surface area contributed by atoms with E-state index in [0.717, 1.165) is 38.9 Å². The molecule has 0 amide bonds. The van der Waals surface area contributed by atoms with Crippen LogP contribution in [0.15, 0.2) is 90.5 Å². The minimum atomic E-state index is -4.69. The molecule has 0 aromatic heterocycles. The van der Waals surface area contributed by atoms with Crippen LogP contribution >= 0.6 is 0 Å². The first-order valence-electron chi connectivity index (χ1n) is 11.5. The average Bonchev–Trinajstić information content (AvgIpc) is 2.84. The van der Waals surface area contributed by atoms with Gasteiger partial charge in [0.1, 0.15) is 11.5 Å². The third-order valence-electron chi connectivity index (χ3n) is 5.88. The second-order valence-corrected chi connectivity index (χ2v) is 8.27. The van der Waals surface area contributed by atoms with Gasteiger partial charge in [-0.3, -0.25) is 0 Å². The average molecular weight is 468 g/mol. The molecule has 1 fully saturated rings. The van der Waals surface area contributed by atoms with Crippen molar-refractivity contribution < 1.29 is 22.6 Å². The summed E-state index contributed by atoms with van der Waals surface area (Å²) in [5.41, 5.74) is 5.36. The van der Waals surface area contributed by atoms with Gasteiger partial charge in [0.05, 0.1) is 6.61 Å². The molecule has 1 saturated heterocycles. The number of nitrogens with zero attached hydrogens (tertiary/aromatic N) is 1. The molecule has 0 saturated carbocycles. The molecule has 3 nitrogen and oxygen atoms in total. The molecule has 1 aliphatic heterocycles. The Hall–Kier alpha value is -3.25. The molecule has 34 heavy (non-hydrogen) atoms. The quantitative estimate of drug-likeness (QED) is 0.335. The normalized spacial score (nSPS) is 14.6. The number of benzene rings is 3. The Bertz CT molecular complexity index is 1010. The van der Waals surface area contributed by atoms with E-state index >= 15 is 0 Å². The van der Waals surface area contributed by atoms with Crippen LogP contribution in [-0.4, -0.2) is 37.5 Å². The van der Waals surface area contributed by atoms with Gasteiger partial charge in [-0.25, -0.2) is 0 Å². The highest BCUT2D eigenvalue weighted by Crippen LogP contribution is 2.32. The predicted octanol–water partition coefficient (Wildman–Crippen LogP) is 6.95. The Morgan fingerprint density at radius 3 is 1.79 bits per heavy atom. The molecule has 0 N–H and O–H groups in total. The van der Waals surface area contributed by atoms with Crippen molar-refractivity contribution in [2.45, 2.75) is 25.6 Å². The molecule has 4 rings (SSSR count). The summed E-state index contributed by atoms with van der Waals surface area (Å²) in [5, 5.41) is 0. The maximum absolute atomic E-state index is 12.2. The number of ether oxygens (including phenoxy) is 2. The highest BCUT2D eigenvalue weighted by atomic mass is 19.4. The maximum atomic E-state index is 12.2. The minimum absolute atomic E-state index is 0.248. The zero-order valence-corrected chi connectivity index (χ0v) is 18.9. The van der Waals surface area contributed by atoms with Crippen molar-refractivity contribution in [2.24, 2.45) is 0 Å². The summed E-state index contributed by atoms with van der Waals surface area (Å²) in [6, 6.07) is 26.7. The van der Waals surface area contributed by atoms with E-state index in [1.807, 2.05) is 12.1 Å². The van der Waals surface area contributed by atoms with Crippen molar-refractivity contribution in [3.63, 3.8) is 0 Å². The van der Waals surface area contributed by atoms with Gasteiger partial charge in [-0.1, -0.05) is 66.2 Å².